The van der Waals surface area contributed by atoms with E-state index >= 15 is 0 Å². The predicted molar refractivity (Wildman–Crippen MR) is 83.8 cm³/mol. The highest BCUT2D eigenvalue weighted by molar-refractivity contribution is 5.70. The van der Waals surface area contributed by atoms with Gasteiger partial charge in [-0.25, -0.2) is 0 Å². The number of rotatable bonds is 7. The second-order valence-electron chi connectivity index (χ2n) is 6.24. The second-order valence-corrected chi connectivity index (χ2v) is 6.24. The van der Waals surface area contributed by atoms with Crippen molar-refractivity contribution in [3.63, 3.8) is 0 Å². The lowest BCUT2D eigenvalue weighted by Gasteiger charge is -2.20. The molecule has 0 spiro atoms. The van der Waals surface area contributed by atoms with E-state index in [-0.39, 0.29) is 6.42 Å². The minimum Gasteiger partial charge on any atom is -0.481 e. The minimum atomic E-state index is -0.811. The average molecular weight is 315 g/mol. The van der Waals surface area contributed by atoms with Crippen LogP contribution in [0.2, 0.25) is 0 Å². The van der Waals surface area contributed by atoms with Crippen LogP contribution in [0.3, 0.4) is 0 Å². The van der Waals surface area contributed by atoms with E-state index in [1.165, 1.54) is 6.42 Å². The summed E-state index contributed by atoms with van der Waals surface area (Å²) in [6, 6.07) is 7.65. The molecular weight excluding hydrogens is 294 g/mol. The van der Waals surface area contributed by atoms with Crippen LogP contribution >= 0.6 is 0 Å². The number of carbonyl (C=O) groups is 1. The quantitative estimate of drug-likeness (QED) is 0.846. The molecule has 0 unspecified atom stereocenters. The van der Waals surface area contributed by atoms with Gasteiger partial charge in [-0.2, -0.15) is 4.98 Å². The summed E-state index contributed by atoms with van der Waals surface area (Å²) in [6.07, 6.45) is 3.61. The van der Waals surface area contributed by atoms with E-state index in [0.717, 1.165) is 42.2 Å². The van der Waals surface area contributed by atoms with Crippen LogP contribution in [-0.2, 0) is 24.3 Å². The fourth-order valence-corrected chi connectivity index (χ4v) is 2.70. The summed E-state index contributed by atoms with van der Waals surface area (Å²) in [5, 5.41) is 12.8. The first-order valence-electron chi connectivity index (χ1n) is 7.91. The van der Waals surface area contributed by atoms with Gasteiger partial charge in [0.2, 0.25) is 5.89 Å². The third-order valence-electron chi connectivity index (χ3n) is 4.18. The normalized spacial score (nSPS) is 14.9. The molecule has 1 aromatic heterocycles. The van der Waals surface area contributed by atoms with Gasteiger partial charge in [0, 0.05) is 12.5 Å². The van der Waals surface area contributed by atoms with Gasteiger partial charge in [0.15, 0.2) is 5.82 Å². The number of benzene rings is 1. The minimum absolute atomic E-state index is 0.0585. The molecule has 1 aromatic carbocycles. The topological polar surface area (TPSA) is 79.5 Å². The third kappa shape index (κ3) is 4.16. The third-order valence-corrected chi connectivity index (χ3v) is 4.18. The fraction of sp³-hybridized carbons (Fsp3) is 0.471. The maximum Gasteiger partial charge on any atom is 0.307 e. The number of nitrogens with zero attached hydrogens (tertiary/aromatic N) is 3. The van der Waals surface area contributed by atoms with Crippen LogP contribution in [0, 0.1) is 0 Å². The van der Waals surface area contributed by atoms with E-state index in [0.29, 0.717) is 12.5 Å². The van der Waals surface area contributed by atoms with Gasteiger partial charge in [0.25, 0.3) is 0 Å². The highest BCUT2D eigenvalue weighted by atomic mass is 16.5. The Bertz CT molecular complexity index is 662. The molecule has 1 N–H and O–H groups in total. The van der Waals surface area contributed by atoms with E-state index in [9.17, 15) is 4.79 Å². The molecule has 0 radical (unpaired) electrons. The molecular formula is C17H21N3O3. The highest BCUT2D eigenvalue weighted by Gasteiger charge is 2.25. The molecule has 1 aliphatic carbocycles. The molecule has 1 aliphatic rings. The van der Waals surface area contributed by atoms with Crippen molar-refractivity contribution in [3.05, 3.63) is 47.1 Å². The number of aromatic nitrogens is 2. The SMILES string of the molecule is CN(Cc1ccc(CC(=O)O)cc1)Cc1noc(C2CCC2)n1. The van der Waals surface area contributed by atoms with Crippen LogP contribution in [0.15, 0.2) is 28.8 Å². The van der Waals surface area contributed by atoms with Gasteiger partial charge in [-0.15, -0.1) is 0 Å². The van der Waals surface area contributed by atoms with Crippen LogP contribution < -0.4 is 0 Å². The van der Waals surface area contributed by atoms with E-state index in [4.69, 9.17) is 9.63 Å². The summed E-state index contributed by atoms with van der Waals surface area (Å²) < 4.78 is 5.33. The Hall–Kier alpha value is -2.21. The molecule has 122 valence electrons. The molecule has 6 nitrogen and oxygen atoms in total. The van der Waals surface area contributed by atoms with Gasteiger partial charge in [-0.05, 0) is 31.0 Å². The summed E-state index contributed by atoms with van der Waals surface area (Å²) >= 11 is 0. The van der Waals surface area contributed by atoms with Crippen molar-refractivity contribution in [2.75, 3.05) is 7.05 Å². The average Bonchev–Trinajstić information content (AvgIpc) is 2.86. The van der Waals surface area contributed by atoms with Crippen LogP contribution in [0.5, 0.6) is 0 Å². The summed E-state index contributed by atoms with van der Waals surface area (Å²) in [5.74, 6) is 1.15. The summed E-state index contributed by atoms with van der Waals surface area (Å²) in [6.45, 7) is 1.38. The smallest absolute Gasteiger partial charge is 0.307 e. The van der Waals surface area contributed by atoms with Gasteiger partial charge in [0.1, 0.15) is 0 Å². The van der Waals surface area contributed by atoms with Gasteiger partial charge in [-0.1, -0.05) is 35.8 Å². The summed E-state index contributed by atoms with van der Waals surface area (Å²) in [7, 11) is 2.00. The molecule has 23 heavy (non-hydrogen) atoms. The Balaban J connectivity index is 1.53. The van der Waals surface area contributed by atoms with Crippen LogP contribution in [-0.4, -0.2) is 33.2 Å². The van der Waals surface area contributed by atoms with Crippen molar-refractivity contribution >= 4 is 5.97 Å². The standard InChI is InChI=1S/C17H21N3O3/c1-20(10-13-7-5-12(6-8-13)9-16(21)22)11-15-18-17(23-19-15)14-3-2-4-14/h5-8,14H,2-4,9-11H2,1H3,(H,21,22). The summed E-state index contributed by atoms with van der Waals surface area (Å²) in [4.78, 5) is 17.3. The number of carboxylic acids is 1. The Morgan fingerprint density at radius 2 is 1.96 bits per heavy atom. The monoisotopic (exact) mass is 315 g/mol. The number of aliphatic carboxylic acids is 1. The van der Waals surface area contributed by atoms with Gasteiger partial charge < -0.3 is 9.63 Å². The molecule has 3 rings (SSSR count). The number of hydrogen-bond acceptors (Lipinski definition) is 5. The lowest BCUT2D eigenvalue weighted by atomic mass is 9.85. The molecule has 0 bridgehead atoms. The Morgan fingerprint density at radius 1 is 1.26 bits per heavy atom. The maximum atomic E-state index is 10.7. The van der Waals surface area contributed by atoms with E-state index in [1.807, 2.05) is 31.3 Å². The zero-order valence-corrected chi connectivity index (χ0v) is 13.2. The van der Waals surface area contributed by atoms with Gasteiger partial charge in [0.05, 0.1) is 13.0 Å². The molecule has 1 heterocycles. The van der Waals surface area contributed by atoms with Crippen molar-refractivity contribution in [1.82, 2.24) is 15.0 Å². The second kappa shape index (κ2) is 6.91. The van der Waals surface area contributed by atoms with Crippen molar-refractivity contribution < 1.29 is 14.4 Å². The van der Waals surface area contributed by atoms with E-state index in [1.54, 1.807) is 0 Å². The predicted octanol–water partition coefficient (Wildman–Crippen LogP) is 2.60. The molecule has 2 aromatic rings. The van der Waals surface area contributed by atoms with Gasteiger partial charge >= 0.3 is 5.97 Å². The first-order chi connectivity index (χ1) is 11.1. The molecule has 0 atom stereocenters. The lowest BCUT2D eigenvalue weighted by Crippen LogP contribution is -2.18. The largest absolute Gasteiger partial charge is 0.481 e. The zero-order chi connectivity index (χ0) is 16.2. The van der Waals surface area contributed by atoms with Crippen molar-refractivity contribution in [3.8, 4) is 0 Å². The number of hydrogen-bond donors (Lipinski definition) is 1. The number of carboxylic acid groups (broad SMARTS) is 1. The van der Waals surface area contributed by atoms with Crippen LogP contribution in [0.25, 0.3) is 0 Å². The van der Waals surface area contributed by atoms with Crippen molar-refractivity contribution in [2.45, 2.75) is 44.7 Å². The van der Waals surface area contributed by atoms with E-state index in [2.05, 4.69) is 15.0 Å². The first-order valence-corrected chi connectivity index (χ1v) is 7.91. The zero-order valence-electron chi connectivity index (χ0n) is 13.2. The molecule has 6 heteroatoms. The Kier molecular flexibility index (Phi) is 4.71. The molecule has 0 aliphatic heterocycles. The van der Waals surface area contributed by atoms with E-state index < -0.39 is 5.97 Å². The molecule has 0 saturated heterocycles. The van der Waals surface area contributed by atoms with Crippen LogP contribution in [0.4, 0.5) is 0 Å². The molecule has 0 amide bonds. The van der Waals surface area contributed by atoms with Crippen LogP contribution in [0.1, 0.15) is 48.0 Å². The Labute approximate surface area is 135 Å². The van der Waals surface area contributed by atoms with Crippen molar-refractivity contribution in [1.29, 1.82) is 0 Å². The Morgan fingerprint density at radius 3 is 2.57 bits per heavy atom. The highest BCUT2D eigenvalue weighted by Crippen LogP contribution is 2.35. The fourth-order valence-electron chi connectivity index (χ4n) is 2.70. The lowest BCUT2D eigenvalue weighted by molar-refractivity contribution is -0.136. The maximum absolute atomic E-state index is 10.7. The first kappa shape index (κ1) is 15.7. The van der Waals surface area contributed by atoms with Gasteiger partial charge in [-0.3, -0.25) is 9.69 Å². The molecule has 1 saturated carbocycles. The summed E-state index contributed by atoms with van der Waals surface area (Å²) in [5.41, 5.74) is 1.94. The molecule has 1 fully saturated rings. The van der Waals surface area contributed by atoms with Crippen molar-refractivity contribution in [2.24, 2.45) is 0 Å².